The lowest BCUT2D eigenvalue weighted by Gasteiger charge is -2.37. The summed E-state index contributed by atoms with van der Waals surface area (Å²) in [4.78, 5) is 6.34. The molecule has 0 aliphatic carbocycles. The maximum absolute atomic E-state index is 5.63. The van der Waals surface area contributed by atoms with Crippen molar-refractivity contribution in [3.8, 4) is 5.75 Å². The Morgan fingerprint density at radius 3 is 3.07 bits per heavy atom. The van der Waals surface area contributed by atoms with Crippen LogP contribution in [0, 0.1) is 0 Å². The van der Waals surface area contributed by atoms with Crippen molar-refractivity contribution < 1.29 is 4.74 Å². The predicted octanol–water partition coefficient (Wildman–Crippen LogP) is 1.93. The van der Waals surface area contributed by atoms with E-state index in [1.54, 1.807) is 12.4 Å². The maximum atomic E-state index is 5.63. The van der Waals surface area contributed by atoms with E-state index in [-0.39, 0.29) is 0 Å². The molecular weight excluding hydrogens is 244 g/mol. The second-order valence-electron chi connectivity index (χ2n) is 3.57. The molecule has 1 aliphatic heterocycles. The molecule has 0 radical (unpaired) electrons. The van der Waals surface area contributed by atoms with Gasteiger partial charge in [-0.15, -0.1) is 0 Å². The number of pyridine rings is 1. The summed E-state index contributed by atoms with van der Waals surface area (Å²) in [6.07, 6.45) is 4.73. The average molecular weight is 257 g/mol. The van der Waals surface area contributed by atoms with E-state index in [1.165, 1.54) is 13.0 Å². The molecule has 0 bridgehead atoms. The summed E-state index contributed by atoms with van der Waals surface area (Å²) < 4.78 is 6.58. The van der Waals surface area contributed by atoms with Gasteiger partial charge in [0.1, 0.15) is 12.4 Å². The molecule has 0 amide bonds. The van der Waals surface area contributed by atoms with Crippen LogP contribution in [0.2, 0.25) is 0 Å². The van der Waals surface area contributed by atoms with E-state index in [0.717, 1.165) is 16.8 Å². The fourth-order valence-corrected chi connectivity index (χ4v) is 1.79. The first-order valence-electron chi connectivity index (χ1n) is 4.69. The van der Waals surface area contributed by atoms with Crippen LogP contribution in [0.1, 0.15) is 6.42 Å². The van der Waals surface area contributed by atoms with Crippen molar-refractivity contribution in [3.63, 3.8) is 0 Å². The van der Waals surface area contributed by atoms with Crippen molar-refractivity contribution in [1.29, 1.82) is 0 Å². The fraction of sp³-hybridized carbons (Fsp3) is 0.500. The van der Waals surface area contributed by atoms with Crippen molar-refractivity contribution in [2.75, 3.05) is 20.2 Å². The van der Waals surface area contributed by atoms with Gasteiger partial charge in [-0.3, -0.25) is 9.88 Å². The highest BCUT2D eigenvalue weighted by atomic mass is 79.9. The highest BCUT2D eigenvalue weighted by Crippen LogP contribution is 2.19. The van der Waals surface area contributed by atoms with Crippen LogP contribution in [0.4, 0.5) is 0 Å². The van der Waals surface area contributed by atoms with Crippen LogP contribution in [0.25, 0.3) is 0 Å². The maximum Gasteiger partial charge on any atom is 0.138 e. The fourth-order valence-electron chi connectivity index (χ4n) is 1.44. The number of hydrogen-bond donors (Lipinski definition) is 0. The minimum absolute atomic E-state index is 0.578. The summed E-state index contributed by atoms with van der Waals surface area (Å²) in [6, 6.07) is 2.51. The van der Waals surface area contributed by atoms with Crippen LogP contribution in [0.5, 0.6) is 5.75 Å². The van der Waals surface area contributed by atoms with E-state index in [9.17, 15) is 0 Å². The van der Waals surface area contributed by atoms with E-state index in [4.69, 9.17) is 4.74 Å². The molecule has 0 spiro atoms. The molecule has 0 aromatic carbocycles. The Hall–Kier alpha value is -0.610. The van der Waals surface area contributed by atoms with Gasteiger partial charge in [0.05, 0.1) is 6.20 Å². The number of likely N-dealkylation sites (tertiary alicyclic amines) is 1. The number of rotatable bonds is 3. The minimum atomic E-state index is 0.578. The van der Waals surface area contributed by atoms with E-state index in [2.05, 4.69) is 32.9 Å². The van der Waals surface area contributed by atoms with Gasteiger partial charge in [0.25, 0.3) is 0 Å². The Balaban J connectivity index is 1.85. The molecule has 1 saturated heterocycles. The molecule has 4 heteroatoms. The first-order chi connectivity index (χ1) is 6.75. The Morgan fingerprint density at radius 1 is 1.64 bits per heavy atom. The summed E-state index contributed by atoms with van der Waals surface area (Å²) in [5.74, 6) is 0.833. The molecule has 0 saturated carbocycles. The topological polar surface area (TPSA) is 25.4 Å². The van der Waals surface area contributed by atoms with Crippen LogP contribution in [-0.2, 0) is 0 Å². The van der Waals surface area contributed by atoms with Crippen molar-refractivity contribution in [1.82, 2.24) is 9.88 Å². The standard InChI is InChI=1S/C10H13BrN2O/c1-13-3-2-9(13)7-14-10-4-8(11)5-12-6-10/h4-6,9H,2-3,7H2,1H3/t9-/m0/s1. The summed E-state index contributed by atoms with van der Waals surface area (Å²) in [7, 11) is 2.12. The largest absolute Gasteiger partial charge is 0.490 e. The molecule has 1 aromatic rings. The third kappa shape index (κ3) is 2.25. The third-order valence-corrected chi connectivity index (χ3v) is 2.99. The van der Waals surface area contributed by atoms with Gasteiger partial charge in [-0.25, -0.2) is 0 Å². The van der Waals surface area contributed by atoms with Gasteiger partial charge in [-0.2, -0.15) is 0 Å². The Morgan fingerprint density at radius 2 is 2.50 bits per heavy atom. The van der Waals surface area contributed by atoms with Gasteiger partial charge in [-0.05, 0) is 42.0 Å². The molecule has 76 valence electrons. The molecule has 0 N–H and O–H groups in total. The van der Waals surface area contributed by atoms with E-state index in [1.807, 2.05) is 6.07 Å². The molecule has 1 fully saturated rings. The SMILES string of the molecule is CN1CC[C@H]1COc1cncc(Br)c1. The van der Waals surface area contributed by atoms with Gasteiger partial charge in [-0.1, -0.05) is 0 Å². The Bertz CT molecular complexity index is 319. The van der Waals surface area contributed by atoms with Crippen LogP contribution < -0.4 is 4.74 Å². The van der Waals surface area contributed by atoms with Crippen LogP contribution >= 0.6 is 15.9 Å². The number of hydrogen-bond acceptors (Lipinski definition) is 3. The zero-order valence-electron chi connectivity index (χ0n) is 8.11. The Labute approximate surface area is 92.2 Å². The number of ether oxygens (including phenoxy) is 1. The molecule has 0 unspecified atom stereocenters. The molecule has 2 heterocycles. The lowest BCUT2D eigenvalue weighted by atomic mass is 10.1. The molecular formula is C10H13BrN2O. The third-order valence-electron chi connectivity index (χ3n) is 2.56. The lowest BCUT2D eigenvalue weighted by Crippen LogP contribution is -2.48. The molecule has 14 heavy (non-hydrogen) atoms. The number of halogens is 1. The number of aromatic nitrogens is 1. The van der Waals surface area contributed by atoms with Gasteiger partial charge >= 0.3 is 0 Å². The minimum Gasteiger partial charge on any atom is -0.490 e. The lowest BCUT2D eigenvalue weighted by molar-refractivity contribution is 0.0767. The quantitative estimate of drug-likeness (QED) is 0.827. The highest BCUT2D eigenvalue weighted by molar-refractivity contribution is 9.10. The predicted molar refractivity (Wildman–Crippen MR) is 58.5 cm³/mol. The van der Waals surface area contributed by atoms with Gasteiger partial charge in [0.2, 0.25) is 0 Å². The van der Waals surface area contributed by atoms with Gasteiger partial charge < -0.3 is 4.74 Å². The second-order valence-corrected chi connectivity index (χ2v) is 4.49. The van der Waals surface area contributed by atoms with E-state index >= 15 is 0 Å². The first kappa shape index (κ1) is 9.93. The zero-order valence-corrected chi connectivity index (χ0v) is 9.70. The van der Waals surface area contributed by atoms with Gasteiger partial charge in [0, 0.05) is 16.7 Å². The summed E-state index contributed by atoms with van der Waals surface area (Å²) in [5.41, 5.74) is 0. The highest BCUT2D eigenvalue weighted by Gasteiger charge is 2.24. The van der Waals surface area contributed by atoms with Crippen LogP contribution in [0.15, 0.2) is 22.9 Å². The summed E-state index contributed by atoms with van der Waals surface area (Å²) in [6.45, 7) is 1.94. The van der Waals surface area contributed by atoms with Crippen molar-refractivity contribution >= 4 is 15.9 Å². The number of likely N-dealkylation sites (N-methyl/N-ethyl adjacent to an activating group) is 1. The summed E-state index contributed by atoms with van der Waals surface area (Å²) >= 11 is 3.36. The molecule has 2 rings (SSSR count). The first-order valence-corrected chi connectivity index (χ1v) is 5.48. The van der Waals surface area contributed by atoms with Crippen LogP contribution in [-0.4, -0.2) is 36.1 Å². The normalized spacial score (nSPS) is 21.7. The van der Waals surface area contributed by atoms with E-state index < -0.39 is 0 Å². The molecule has 1 aromatic heterocycles. The van der Waals surface area contributed by atoms with E-state index in [0.29, 0.717) is 6.04 Å². The summed E-state index contributed by atoms with van der Waals surface area (Å²) in [5, 5.41) is 0. The van der Waals surface area contributed by atoms with Crippen molar-refractivity contribution in [2.24, 2.45) is 0 Å². The Kier molecular flexibility index (Phi) is 3.03. The number of nitrogens with zero attached hydrogens (tertiary/aromatic N) is 2. The van der Waals surface area contributed by atoms with Crippen LogP contribution in [0.3, 0.4) is 0 Å². The molecule has 3 nitrogen and oxygen atoms in total. The smallest absolute Gasteiger partial charge is 0.138 e. The molecule has 1 aliphatic rings. The average Bonchev–Trinajstić information content (AvgIpc) is 2.16. The monoisotopic (exact) mass is 256 g/mol. The van der Waals surface area contributed by atoms with Gasteiger partial charge in [0.15, 0.2) is 0 Å². The molecule has 1 atom stereocenters. The second kappa shape index (κ2) is 4.28. The van der Waals surface area contributed by atoms with Crippen molar-refractivity contribution in [2.45, 2.75) is 12.5 Å². The zero-order chi connectivity index (χ0) is 9.97. The van der Waals surface area contributed by atoms with Crippen molar-refractivity contribution in [3.05, 3.63) is 22.9 Å².